The largest absolute Gasteiger partial charge is 0.439 e. The number of Topliss-reactive ketones (excluding diaryl/α,β-unsaturated/α-hetero) is 1. The summed E-state index contributed by atoms with van der Waals surface area (Å²) in [4.78, 5) is 27.5. The van der Waals surface area contributed by atoms with Gasteiger partial charge in [-0.2, -0.15) is 0 Å². The molecule has 2 unspecified atom stereocenters. The normalized spacial score (nSPS) is 30.4. The van der Waals surface area contributed by atoms with Gasteiger partial charge in [0, 0.05) is 34.0 Å². The number of fused-ring (bicyclic) bond motifs is 1. The van der Waals surface area contributed by atoms with Gasteiger partial charge in [-0.3, -0.25) is 4.79 Å². The van der Waals surface area contributed by atoms with E-state index < -0.39 is 11.2 Å². The number of cyclic esters (lactones) is 1. The minimum Gasteiger partial charge on any atom is -0.439 e. The summed E-state index contributed by atoms with van der Waals surface area (Å²) < 4.78 is 11.3. The van der Waals surface area contributed by atoms with Crippen LogP contribution in [0.5, 0.6) is 0 Å². The van der Waals surface area contributed by atoms with Gasteiger partial charge in [0.1, 0.15) is 0 Å². The standard InChI is InChI=1S/C20H20O4S/c1-4-20(23-5-2)16(19(3)18(22)24-19)11-15-13(17(20)21)10-12-8-6-7-9-14(12)25-15/h6-9,11H,4-5,10H2,1-3H3. The summed E-state index contributed by atoms with van der Waals surface area (Å²) in [5.74, 6) is -0.329. The topological polar surface area (TPSA) is 55.9 Å². The van der Waals surface area contributed by atoms with E-state index in [2.05, 4.69) is 12.1 Å². The highest BCUT2D eigenvalue weighted by Crippen LogP contribution is 2.52. The molecule has 2 atom stereocenters. The van der Waals surface area contributed by atoms with Gasteiger partial charge >= 0.3 is 5.97 Å². The molecule has 1 aromatic rings. The molecule has 1 saturated heterocycles. The second kappa shape index (κ2) is 5.58. The van der Waals surface area contributed by atoms with Crippen molar-refractivity contribution in [1.29, 1.82) is 0 Å². The van der Waals surface area contributed by atoms with Crippen LogP contribution in [0.1, 0.15) is 32.8 Å². The Bertz CT molecular complexity index is 853. The van der Waals surface area contributed by atoms with Crippen molar-refractivity contribution in [2.24, 2.45) is 0 Å². The van der Waals surface area contributed by atoms with E-state index in [-0.39, 0.29) is 11.8 Å². The van der Waals surface area contributed by atoms with Crippen molar-refractivity contribution in [3.8, 4) is 0 Å². The lowest BCUT2D eigenvalue weighted by Crippen LogP contribution is -2.50. The van der Waals surface area contributed by atoms with Crippen molar-refractivity contribution < 1.29 is 19.1 Å². The van der Waals surface area contributed by atoms with Gasteiger partial charge in [-0.25, -0.2) is 4.79 Å². The highest BCUT2D eigenvalue weighted by atomic mass is 32.2. The molecular formula is C20H20O4S. The molecule has 1 aliphatic carbocycles. The van der Waals surface area contributed by atoms with Gasteiger partial charge in [-0.05, 0) is 38.0 Å². The summed E-state index contributed by atoms with van der Waals surface area (Å²) in [7, 11) is 0. The van der Waals surface area contributed by atoms with Crippen LogP contribution < -0.4 is 0 Å². The molecule has 1 aromatic carbocycles. The number of carbonyl (C=O) groups is 2. The van der Waals surface area contributed by atoms with Crippen molar-refractivity contribution in [3.63, 3.8) is 0 Å². The van der Waals surface area contributed by atoms with Gasteiger partial charge in [0.15, 0.2) is 11.4 Å². The minimum absolute atomic E-state index is 0.0316. The number of rotatable bonds is 4. The highest BCUT2D eigenvalue weighted by Gasteiger charge is 2.65. The van der Waals surface area contributed by atoms with Crippen molar-refractivity contribution in [3.05, 3.63) is 52.0 Å². The smallest absolute Gasteiger partial charge is 0.356 e. The first-order valence-electron chi connectivity index (χ1n) is 8.60. The van der Waals surface area contributed by atoms with Gasteiger partial charge in [-0.15, -0.1) is 0 Å². The molecule has 0 bridgehead atoms. The number of benzene rings is 1. The average molecular weight is 356 g/mol. The van der Waals surface area contributed by atoms with Crippen LogP contribution in [-0.2, 0) is 25.5 Å². The maximum atomic E-state index is 13.5. The predicted octanol–water partition coefficient (Wildman–Crippen LogP) is 3.60. The Labute approximate surface area is 151 Å². The summed E-state index contributed by atoms with van der Waals surface area (Å²) >= 11 is 1.58. The monoisotopic (exact) mass is 356 g/mol. The van der Waals surface area contributed by atoms with Crippen LogP contribution in [0.15, 0.2) is 51.3 Å². The third kappa shape index (κ3) is 2.26. The van der Waals surface area contributed by atoms with Crippen LogP contribution >= 0.6 is 11.8 Å². The summed E-state index contributed by atoms with van der Waals surface area (Å²) in [5, 5.41) is 0. The maximum absolute atomic E-state index is 13.5. The zero-order valence-corrected chi connectivity index (χ0v) is 15.4. The number of allylic oxidation sites excluding steroid dienone is 1. The van der Waals surface area contributed by atoms with Gasteiger partial charge in [-0.1, -0.05) is 36.9 Å². The molecule has 0 N–H and O–H groups in total. The zero-order valence-electron chi connectivity index (χ0n) is 14.5. The van der Waals surface area contributed by atoms with Crippen LogP contribution in [0, 0.1) is 0 Å². The van der Waals surface area contributed by atoms with Gasteiger partial charge in [0.2, 0.25) is 5.60 Å². The van der Waals surface area contributed by atoms with E-state index in [9.17, 15) is 9.59 Å². The number of hydrogen-bond acceptors (Lipinski definition) is 5. The van der Waals surface area contributed by atoms with Crippen LogP contribution in [0.2, 0.25) is 0 Å². The molecule has 130 valence electrons. The molecule has 4 nitrogen and oxygen atoms in total. The van der Waals surface area contributed by atoms with E-state index in [1.165, 1.54) is 0 Å². The Morgan fingerprint density at radius 1 is 1.24 bits per heavy atom. The number of ketones is 1. The number of hydrogen-bond donors (Lipinski definition) is 0. The fourth-order valence-corrected chi connectivity index (χ4v) is 4.94. The second-order valence-electron chi connectivity index (χ2n) is 6.65. The van der Waals surface area contributed by atoms with Crippen LogP contribution in [-0.4, -0.2) is 29.6 Å². The third-order valence-corrected chi connectivity index (χ3v) is 6.46. The molecule has 2 aliphatic heterocycles. The Kier molecular flexibility index (Phi) is 3.71. The fraction of sp³-hybridized carbons (Fsp3) is 0.400. The van der Waals surface area contributed by atoms with Crippen LogP contribution in [0.3, 0.4) is 0 Å². The van der Waals surface area contributed by atoms with Crippen molar-refractivity contribution in [1.82, 2.24) is 0 Å². The molecule has 5 heteroatoms. The average Bonchev–Trinajstić information content (AvgIpc) is 3.23. The Hall–Kier alpha value is -1.85. The van der Waals surface area contributed by atoms with E-state index >= 15 is 0 Å². The molecule has 1 fully saturated rings. The Morgan fingerprint density at radius 3 is 2.60 bits per heavy atom. The van der Waals surface area contributed by atoms with Gasteiger partial charge in [0.05, 0.1) is 0 Å². The molecule has 0 amide bonds. The first kappa shape index (κ1) is 16.6. The Morgan fingerprint density at radius 2 is 1.96 bits per heavy atom. The lowest BCUT2D eigenvalue weighted by Gasteiger charge is -2.39. The fourth-order valence-electron chi connectivity index (χ4n) is 3.82. The lowest BCUT2D eigenvalue weighted by atomic mass is 9.73. The maximum Gasteiger partial charge on any atom is 0.356 e. The predicted molar refractivity (Wildman–Crippen MR) is 95.3 cm³/mol. The molecule has 4 rings (SSSR count). The number of ether oxygens (including phenoxy) is 2. The summed E-state index contributed by atoms with van der Waals surface area (Å²) in [5.41, 5.74) is 0.422. The first-order chi connectivity index (χ1) is 12.0. The van der Waals surface area contributed by atoms with Crippen molar-refractivity contribution >= 4 is 23.5 Å². The number of thioether (sulfide) groups is 1. The highest BCUT2D eigenvalue weighted by molar-refractivity contribution is 8.03. The molecule has 3 aliphatic rings. The summed E-state index contributed by atoms with van der Waals surface area (Å²) in [6, 6.07) is 8.11. The minimum atomic E-state index is -1.11. The lowest BCUT2D eigenvalue weighted by molar-refractivity contribution is -0.137. The van der Waals surface area contributed by atoms with E-state index in [1.807, 2.05) is 32.1 Å². The van der Waals surface area contributed by atoms with Gasteiger partial charge in [0.25, 0.3) is 0 Å². The van der Waals surface area contributed by atoms with Crippen LogP contribution in [0.25, 0.3) is 0 Å². The van der Waals surface area contributed by atoms with E-state index in [0.717, 1.165) is 20.9 Å². The molecule has 0 saturated carbocycles. The van der Waals surface area contributed by atoms with E-state index in [4.69, 9.17) is 9.47 Å². The summed E-state index contributed by atoms with van der Waals surface area (Å²) in [6.07, 6.45) is 3.03. The molecule has 0 radical (unpaired) electrons. The molecule has 0 aromatic heterocycles. The first-order valence-corrected chi connectivity index (χ1v) is 9.41. The number of epoxide rings is 1. The van der Waals surface area contributed by atoms with E-state index in [1.54, 1.807) is 18.7 Å². The van der Waals surface area contributed by atoms with E-state index in [0.29, 0.717) is 25.0 Å². The number of carbonyl (C=O) groups excluding carboxylic acids is 2. The third-order valence-electron chi connectivity index (χ3n) is 5.26. The van der Waals surface area contributed by atoms with Crippen molar-refractivity contribution in [2.75, 3.05) is 6.61 Å². The Balaban J connectivity index is 1.86. The van der Waals surface area contributed by atoms with Crippen LogP contribution in [0.4, 0.5) is 0 Å². The quantitative estimate of drug-likeness (QED) is 0.772. The SMILES string of the molecule is CCOC1(CC)C(=O)C2=C(C=C1C1(C)OC1=O)Sc1ccccc1C2. The molecular weight excluding hydrogens is 336 g/mol. The second-order valence-corrected chi connectivity index (χ2v) is 7.74. The zero-order chi connectivity index (χ0) is 17.8. The molecule has 0 spiro atoms. The summed E-state index contributed by atoms with van der Waals surface area (Å²) in [6.45, 7) is 5.92. The van der Waals surface area contributed by atoms with Crippen molar-refractivity contribution in [2.45, 2.75) is 49.7 Å². The van der Waals surface area contributed by atoms with Gasteiger partial charge < -0.3 is 9.47 Å². The molecule has 25 heavy (non-hydrogen) atoms. The molecule has 2 heterocycles.